The summed E-state index contributed by atoms with van der Waals surface area (Å²) in [6.45, 7) is 3.86. The van der Waals surface area contributed by atoms with Gasteiger partial charge in [0.15, 0.2) is 5.58 Å². The zero-order valence-corrected chi connectivity index (χ0v) is 7.74. The number of hydrogen-bond donors (Lipinski definition) is 1. The van der Waals surface area contributed by atoms with E-state index in [1.54, 1.807) is 0 Å². The van der Waals surface area contributed by atoms with E-state index in [1.165, 1.54) is 0 Å². The molecular weight excluding hydrogens is 164 g/mol. The molecule has 1 unspecified atom stereocenters. The number of benzene rings is 1. The molecule has 2 aromatic rings. The van der Waals surface area contributed by atoms with Crippen molar-refractivity contribution in [2.75, 3.05) is 0 Å². The van der Waals surface area contributed by atoms with Crippen molar-refractivity contribution in [1.82, 2.24) is 4.98 Å². The quantitative estimate of drug-likeness (QED) is 0.724. The molecule has 0 aliphatic heterocycles. The summed E-state index contributed by atoms with van der Waals surface area (Å²) < 4.78 is 5.52. The molecule has 3 heteroatoms. The van der Waals surface area contributed by atoms with E-state index in [9.17, 15) is 0 Å². The molecule has 0 saturated carbocycles. The molecule has 68 valence electrons. The summed E-state index contributed by atoms with van der Waals surface area (Å²) in [5.41, 5.74) is 8.49. The molecule has 2 rings (SSSR count). The van der Waals surface area contributed by atoms with Gasteiger partial charge in [-0.3, -0.25) is 0 Å². The van der Waals surface area contributed by atoms with Crippen molar-refractivity contribution in [3.63, 3.8) is 0 Å². The lowest BCUT2D eigenvalue weighted by atomic mass is 10.2. The number of nitrogens with two attached hydrogens (primary N) is 1. The first-order valence-corrected chi connectivity index (χ1v) is 4.30. The Morgan fingerprint density at radius 1 is 1.46 bits per heavy atom. The van der Waals surface area contributed by atoms with Crippen LogP contribution in [0.2, 0.25) is 0 Å². The molecule has 1 aromatic carbocycles. The highest BCUT2D eigenvalue weighted by Gasteiger charge is 2.09. The van der Waals surface area contributed by atoms with E-state index in [-0.39, 0.29) is 6.04 Å². The fourth-order valence-electron chi connectivity index (χ4n) is 1.30. The van der Waals surface area contributed by atoms with Gasteiger partial charge in [0.1, 0.15) is 5.52 Å². The van der Waals surface area contributed by atoms with Crippen LogP contribution in [0.1, 0.15) is 24.4 Å². The topological polar surface area (TPSA) is 52.0 Å². The van der Waals surface area contributed by atoms with E-state index in [0.29, 0.717) is 5.89 Å². The van der Waals surface area contributed by atoms with Crippen molar-refractivity contribution in [3.05, 3.63) is 29.7 Å². The summed E-state index contributed by atoms with van der Waals surface area (Å²) in [6.07, 6.45) is 0. The van der Waals surface area contributed by atoms with E-state index < -0.39 is 0 Å². The fraction of sp³-hybridized carbons (Fsp3) is 0.300. The van der Waals surface area contributed by atoms with E-state index >= 15 is 0 Å². The molecule has 2 N–H and O–H groups in total. The molecule has 0 bridgehead atoms. The molecular formula is C10H12N2O. The Morgan fingerprint density at radius 3 is 2.85 bits per heavy atom. The van der Waals surface area contributed by atoms with Crippen LogP contribution in [0, 0.1) is 6.92 Å². The zero-order chi connectivity index (χ0) is 9.42. The molecule has 3 nitrogen and oxygen atoms in total. The minimum Gasteiger partial charge on any atom is -0.439 e. The summed E-state index contributed by atoms with van der Waals surface area (Å²) >= 11 is 0. The van der Waals surface area contributed by atoms with Crippen molar-refractivity contribution in [3.8, 4) is 0 Å². The highest BCUT2D eigenvalue weighted by molar-refractivity contribution is 5.76. The van der Waals surface area contributed by atoms with Crippen molar-refractivity contribution in [2.45, 2.75) is 19.9 Å². The Morgan fingerprint density at radius 2 is 2.23 bits per heavy atom. The number of nitrogens with zero attached hydrogens (tertiary/aromatic N) is 1. The molecule has 0 amide bonds. The maximum atomic E-state index is 5.67. The Balaban J connectivity index is 2.68. The number of fused-ring (bicyclic) bond motifs is 1. The Kier molecular flexibility index (Phi) is 1.81. The summed E-state index contributed by atoms with van der Waals surface area (Å²) in [6, 6.07) is 5.74. The number of oxazole rings is 1. The van der Waals surface area contributed by atoms with Crippen LogP contribution in [0.25, 0.3) is 11.1 Å². The second-order valence-electron chi connectivity index (χ2n) is 3.26. The molecule has 0 spiro atoms. The van der Waals surface area contributed by atoms with E-state index in [2.05, 4.69) is 4.98 Å². The van der Waals surface area contributed by atoms with Gasteiger partial charge in [-0.2, -0.15) is 0 Å². The van der Waals surface area contributed by atoms with Gasteiger partial charge in [0.25, 0.3) is 0 Å². The smallest absolute Gasteiger partial charge is 0.212 e. The first-order valence-electron chi connectivity index (χ1n) is 4.30. The molecule has 0 aliphatic carbocycles. The van der Waals surface area contributed by atoms with Crippen LogP contribution >= 0.6 is 0 Å². The molecule has 1 aromatic heterocycles. The Hall–Kier alpha value is -1.35. The minimum absolute atomic E-state index is 0.146. The van der Waals surface area contributed by atoms with Gasteiger partial charge in [-0.25, -0.2) is 4.98 Å². The largest absolute Gasteiger partial charge is 0.439 e. The summed E-state index contributed by atoms with van der Waals surface area (Å²) in [7, 11) is 0. The van der Waals surface area contributed by atoms with Crippen LogP contribution in [-0.4, -0.2) is 4.98 Å². The van der Waals surface area contributed by atoms with Crippen LogP contribution in [0.3, 0.4) is 0 Å². The molecule has 0 aliphatic rings. The maximum Gasteiger partial charge on any atom is 0.212 e. The van der Waals surface area contributed by atoms with Gasteiger partial charge in [-0.15, -0.1) is 0 Å². The second-order valence-corrected chi connectivity index (χ2v) is 3.26. The standard InChI is InChI=1S/C10H12N2O/c1-6-4-3-5-8-9(6)13-10(12-8)7(2)11/h3-5,7H,11H2,1-2H3. The molecule has 1 heterocycles. The highest BCUT2D eigenvalue weighted by Crippen LogP contribution is 2.21. The van der Waals surface area contributed by atoms with Gasteiger partial charge in [-0.1, -0.05) is 12.1 Å². The monoisotopic (exact) mass is 176 g/mol. The lowest BCUT2D eigenvalue weighted by Gasteiger charge is -1.95. The first-order chi connectivity index (χ1) is 6.18. The number of para-hydroxylation sites is 1. The fourth-order valence-corrected chi connectivity index (χ4v) is 1.30. The minimum atomic E-state index is -0.146. The predicted octanol–water partition coefficient (Wildman–Crippen LogP) is 2.16. The highest BCUT2D eigenvalue weighted by atomic mass is 16.3. The summed E-state index contributed by atoms with van der Waals surface area (Å²) in [4.78, 5) is 4.28. The number of hydrogen-bond acceptors (Lipinski definition) is 3. The van der Waals surface area contributed by atoms with Crippen LogP contribution < -0.4 is 5.73 Å². The molecule has 0 fully saturated rings. The van der Waals surface area contributed by atoms with Gasteiger partial charge in [0.05, 0.1) is 6.04 Å². The van der Waals surface area contributed by atoms with Gasteiger partial charge >= 0.3 is 0 Å². The zero-order valence-electron chi connectivity index (χ0n) is 7.74. The van der Waals surface area contributed by atoms with Crippen molar-refractivity contribution < 1.29 is 4.42 Å². The molecule has 0 saturated heterocycles. The van der Waals surface area contributed by atoms with E-state index in [1.807, 2.05) is 32.0 Å². The third kappa shape index (κ3) is 1.31. The van der Waals surface area contributed by atoms with Crippen molar-refractivity contribution in [2.24, 2.45) is 5.73 Å². The van der Waals surface area contributed by atoms with Crippen LogP contribution in [0.5, 0.6) is 0 Å². The van der Waals surface area contributed by atoms with E-state index in [0.717, 1.165) is 16.7 Å². The molecule has 0 radical (unpaired) electrons. The maximum absolute atomic E-state index is 5.67. The summed E-state index contributed by atoms with van der Waals surface area (Å²) in [5, 5.41) is 0. The molecule has 13 heavy (non-hydrogen) atoms. The van der Waals surface area contributed by atoms with Crippen LogP contribution in [0.15, 0.2) is 22.6 Å². The lowest BCUT2D eigenvalue weighted by Crippen LogP contribution is -2.04. The SMILES string of the molecule is Cc1cccc2nc(C(C)N)oc12. The number of aryl methyl sites for hydroxylation is 1. The Labute approximate surface area is 76.6 Å². The van der Waals surface area contributed by atoms with Gasteiger partial charge in [0.2, 0.25) is 5.89 Å². The van der Waals surface area contributed by atoms with Crippen molar-refractivity contribution in [1.29, 1.82) is 0 Å². The summed E-state index contributed by atoms with van der Waals surface area (Å²) in [5.74, 6) is 0.601. The number of aromatic nitrogens is 1. The van der Waals surface area contributed by atoms with Crippen molar-refractivity contribution >= 4 is 11.1 Å². The second kappa shape index (κ2) is 2.85. The van der Waals surface area contributed by atoms with E-state index in [4.69, 9.17) is 10.2 Å². The van der Waals surface area contributed by atoms with Gasteiger partial charge < -0.3 is 10.2 Å². The first kappa shape index (κ1) is 8.26. The number of rotatable bonds is 1. The average molecular weight is 176 g/mol. The molecule has 1 atom stereocenters. The third-order valence-corrected chi connectivity index (χ3v) is 2.02. The average Bonchev–Trinajstić information content (AvgIpc) is 2.49. The Bertz CT molecular complexity index is 431. The van der Waals surface area contributed by atoms with Crippen LogP contribution in [0.4, 0.5) is 0 Å². The lowest BCUT2D eigenvalue weighted by molar-refractivity contribution is 0.491. The van der Waals surface area contributed by atoms with Gasteiger partial charge in [-0.05, 0) is 25.5 Å². The normalized spacial score (nSPS) is 13.5. The third-order valence-electron chi connectivity index (χ3n) is 2.02. The van der Waals surface area contributed by atoms with Gasteiger partial charge in [0, 0.05) is 0 Å². The van der Waals surface area contributed by atoms with Crippen LogP contribution in [-0.2, 0) is 0 Å². The predicted molar refractivity (Wildman–Crippen MR) is 51.3 cm³/mol.